The van der Waals surface area contributed by atoms with E-state index in [4.69, 9.17) is 9.47 Å². The van der Waals surface area contributed by atoms with Crippen molar-refractivity contribution < 1.29 is 18.7 Å². The van der Waals surface area contributed by atoms with Gasteiger partial charge in [-0.1, -0.05) is 0 Å². The molecule has 0 bridgehead atoms. The first-order chi connectivity index (χ1) is 12.0. The minimum atomic E-state index is -0.540. The van der Waals surface area contributed by atoms with E-state index in [1.54, 1.807) is 23.9 Å². The van der Waals surface area contributed by atoms with Crippen molar-refractivity contribution in [3.63, 3.8) is 0 Å². The number of hydrogen-bond donors (Lipinski definition) is 0. The fraction of sp³-hybridized carbons (Fsp3) is 0.444. The van der Waals surface area contributed by atoms with Gasteiger partial charge in [0.1, 0.15) is 5.82 Å². The zero-order valence-electron chi connectivity index (χ0n) is 15.1. The molecule has 0 aliphatic heterocycles. The van der Waals surface area contributed by atoms with Crippen LogP contribution in [0.25, 0.3) is 5.69 Å². The fourth-order valence-corrected chi connectivity index (χ4v) is 2.41. The Morgan fingerprint density at radius 1 is 1.28 bits per heavy atom. The first-order valence-corrected chi connectivity index (χ1v) is 8.29. The minimum Gasteiger partial charge on any atom is -0.490 e. The molecule has 0 unspecified atom stereocenters. The van der Waals surface area contributed by atoms with Gasteiger partial charge in [-0.2, -0.15) is 5.10 Å². The molecular formula is C18H24FN3O3. The Bertz CT molecular complexity index is 728. The van der Waals surface area contributed by atoms with Crippen LogP contribution in [-0.2, 0) is 11.2 Å². The summed E-state index contributed by atoms with van der Waals surface area (Å²) in [6.07, 6.45) is 2.28. The van der Waals surface area contributed by atoms with Crippen molar-refractivity contribution in [2.24, 2.45) is 0 Å². The monoisotopic (exact) mass is 349 g/mol. The molecule has 25 heavy (non-hydrogen) atoms. The molecule has 0 aliphatic rings. The molecule has 1 heterocycles. The lowest BCUT2D eigenvalue weighted by molar-refractivity contribution is 0.0514. The van der Waals surface area contributed by atoms with Crippen LogP contribution in [0.4, 0.5) is 4.39 Å². The summed E-state index contributed by atoms with van der Waals surface area (Å²) in [6, 6.07) is 4.52. The summed E-state index contributed by atoms with van der Waals surface area (Å²) in [5.74, 6) is -0.495. The molecule has 0 atom stereocenters. The third kappa shape index (κ3) is 4.79. The molecule has 0 saturated heterocycles. The molecule has 136 valence electrons. The lowest BCUT2D eigenvalue weighted by Crippen LogP contribution is -2.16. The average molecular weight is 349 g/mol. The van der Waals surface area contributed by atoms with Gasteiger partial charge in [0.05, 0.1) is 25.1 Å². The van der Waals surface area contributed by atoms with E-state index >= 15 is 0 Å². The molecule has 0 amide bonds. The average Bonchev–Trinajstić information content (AvgIpc) is 2.97. The second-order valence-electron chi connectivity index (χ2n) is 5.77. The molecule has 7 heteroatoms. The van der Waals surface area contributed by atoms with Gasteiger partial charge < -0.3 is 14.4 Å². The van der Waals surface area contributed by atoms with E-state index in [9.17, 15) is 9.18 Å². The largest absolute Gasteiger partial charge is 0.490 e. The van der Waals surface area contributed by atoms with Crippen LogP contribution in [0.5, 0.6) is 5.75 Å². The minimum absolute atomic E-state index is 0.117. The van der Waals surface area contributed by atoms with Crippen molar-refractivity contribution in [2.45, 2.75) is 20.3 Å². The summed E-state index contributed by atoms with van der Waals surface area (Å²) in [4.78, 5) is 14.1. The molecule has 0 aliphatic carbocycles. The summed E-state index contributed by atoms with van der Waals surface area (Å²) >= 11 is 0. The van der Waals surface area contributed by atoms with Gasteiger partial charge in [-0.05, 0) is 58.1 Å². The number of likely N-dealkylation sites (N-methyl/N-ethyl adjacent to an activating group) is 1. The number of benzene rings is 1. The van der Waals surface area contributed by atoms with Gasteiger partial charge in [0.25, 0.3) is 0 Å². The third-order valence-electron chi connectivity index (χ3n) is 3.57. The number of nitrogens with zero attached hydrogens (tertiary/aromatic N) is 3. The first kappa shape index (κ1) is 18.9. The molecule has 2 aromatic rings. The summed E-state index contributed by atoms with van der Waals surface area (Å²) in [5.41, 5.74) is 1.63. The molecule has 1 aromatic heterocycles. The Labute approximate surface area is 147 Å². The number of hydrogen-bond acceptors (Lipinski definition) is 5. The van der Waals surface area contributed by atoms with Crippen LogP contribution in [0.1, 0.15) is 29.9 Å². The quantitative estimate of drug-likeness (QED) is 0.686. The van der Waals surface area contributed by atoms with E-state index in [0.29, 0.717) is 24.5 Å². The normalized spacial score (nSPS) is 11.0. The lowest BCUT2D eigenvalue weighted by Gasteiger charge is -2.13. The fourth-order valence-electron chi connectivity index (χ4n) is 2.41. The van der Waals surface area contributed by atoms with Gasteiger partial charge in [-0.25, -0.2) is 13.9 Å². The predicted octanol–water partition coefficient (Wildman–Crippen LogP) is 2.69. The highest BCUT2D eigenvalue weighted by molar-refractivity contribution is 5.90. The van der Waals surface area contributed by atoms with Crippen LogP contribution in [0.2, 0.25) is 0 Å². The molecule has 0 N–H and O–H groups in total. The molecule has 2 rings (SSSR count). The zero-order valence-corrected chi connectivity index (χ0v) is 15.1. The molecular weight excluding hydrogens is 325 g/mol. The Balaban J connectivity index is 2.43. The highest BCUT2D eigenvalue weighted by Crippen LogP contribution is 2.23. The van der Waals surface area contributed by atoms with Crippen LogP contribution in [-0.4, -0.2) is 54.5 Å². The Morgan fingerprint density at radius 2 is 2.04 bits per heavy atom. The van der Waals surface area contributed by atoms with Gasteiger partial charge in [0.2, 0.25) is 5.69 Å². The zero-order chi connectivity index (χ0) is 18.4. The van der Waals surface area contributed by atoms with Crippen LogP contribution in [0, 0.1) is 5.82 Å². The third-order valence-corrected chi connectivity index (χ3v) is 3.57. The van der Waals surface area contributed by atoms with E-state index < -0.39 is 5.97 Å². The number of rotatable bonds is 8. The number of ether oxygens (including phenoxy) is 2. The predicted molar refractivity (Wildman–Crippen MR) is 92.9 cm³/mol. The van der Waals surface area contributed by atoms with E-state index in [1.165, 1.54) is 12.1 Å². The molecule has 0 spiro atoms. The molecule has 0 radical (unpaired) electrons. The van der Waals surface area contributed by atoms with E-state index in [0.717, 1.165) is 12.1 Å². The Hall–Kier alpha value is -2.41. The van der Waals surface area contributed by atoms with Crippen molar-refractivity contribution in [3.05, 3.63) is 41.5 Å². The maximum absolute atomic E-state index is 13.7. The Kier molecular flexibility index (Phi) is 6.52. The second kappa shape index (κ2) is 8.62. The SMILES string of the molecule is CCOC(=O)c1nn(-c2ccc(F)cc2CCN(C)C)cc1OCC. The molecule has 1 aromatic carbocycles. The van der Waals surface area contributed by atoms with E-state index in [1.807, 2.05) is 25.9 Å². The summed E-state index contributed by atoms with van der Waals surface area (Å²) in [5, 5.41) is 4.32. The van der Waals surface area contributed by atoms with Crippen molar-refractivity contribution in [2.75, 3.05) is 33.9 Å². The van der Waals surface area contributed by atoms with Crippen molar-refractivity contribution in [3.8, 4) is 11.4 Å². The van der Waals surface area contributed by atoms with Crippen LogP contribution >= 0.6 is 0 Å². The summed E-state index contributed by atoms with van der Waals surface area (Å²) in [7, 11) is 3.91. The number of carbonyl (C=O) groups excluding carboxylic acids is 1. The van der Waals surface area contributed by atoms with Crippen molar-refractivity contribution in [1.29, 1.82) is 0 Å². The molecule has 0 saturated carbocycles. The van der Waals surface area contributed by atoms with Crippen LogP contribution in [0.3, 0.4) is 0 Å². The van der Waals surface area contributed by atoms with Gasteiger partial charge in [-0.3, -0.25) is 0 Å². The smallest absolute Gasteiger partial charge is 0.362 e. The lowest BCUT2D eigenvalue weighted by atomic mass is 10.1. The molecule has 6 nitrogen and oxygen atoms in total. The highest BCUT2D eigenvalue weighted by Gasteiger charge is 2.21. The van der Waals surface area contributed by atoms with Gasteiger partial charge in [-0.15, -0.1) is 0 Å². The first-order valence-electron chi connectivity index (χ1n) is 8.29. The topological polar surface area (TPSA) is 56.6 Å². The Morgan fingerprint density at radius 3 is 2.68 bits per heavy atom. The maximum Gasteiger partial charge on any atom is 0.362 e. The van der Waals surface area contributed by atoms with Crippen molar-refractivity contribution in [1.82, 2.24) is 14.7 Å². The summed E-state index contributed by atoms with van der Waals surface area (Å²) in [6.45, 7) is 4.97. The highest BCUT2D eigenvalue weighted by atomic mass is 19.1. The number of carbonyl (C=O) groups is 1. The van der Waals surface area contributed by atoms with Crippen molar-refractivity contribution >= 4 is 5.97 Å². The van der Waals surface area contributed by atoms with E-state index in [-0.39, 0.29) is 18.1 Å². The van der Waals surface area contributed by atoms with Crippen LogP contribution in [0.15, 0.2) is 24.4 Å². The van der Waals surface area contributed by atoms with Gasteiger partial charge >= 0.3 is 5.97 Å². The number of halogens is 1. The second-order valence-corrected chi connectivity index (χ2v) is 5.77. The maximum atomic E-state index is 13.7. The standard InChI is InChI=1S/C18H24FN3O3/c1-5-24-16-12-22(20-17(16)18(23)25-6-2)15-8-7-14(19)11-13(15)9-10-21(3)4/h7-8,11-12H,5-6,9-10H2,1-4H3. The number of aromatic nitrogens is 2. The molecule has 0 fully saturated rings. The van der Waals surface area contributed by atoms with Crippen LogP contribution < -0.4 is 4.74 Å². The van der Waals surface area contributed by atoms with Gasteiger partial charge in [0.15, 0.2) is 5.75 Å². The van der Waals surface area contributed by atoms with Gasteiger partial charge in [0, 0.05) is 6.54 Å². The number of esters is 1. The summed E-state index contributed by atoms with van der Waals surface area (Å²) < 4.78 is 25.8. The van der Waals surface area contributed by atoms with E-state index in [2.05, 4.69) is 5.10 Å².